The Morgan fingerprint density at radius 3 is 2.39 bits per heavy atom. The minimum atomic E-state index is -0.254. The molecule has 4 rings (SSSR count). The van der Waals surface area contributed by atoms with Crippen LogP contribution in [0.3, 0.4) is 0 Å². The number of aliphatic hydroxyl groups is 1. The highest BCUT2D eigenvalue weighted by Crippen LogP contribution is 2.66. The number of rotatable bonds is 6. The van der Waals surface area contributed by atoms with Gasteiger partial charge in [0, 0.05) is 0 Å². The van der Waals surface area contributed by atoms with Gasteiger partial charge in [0.2, 0.25) is 0 Å². The van der Waals surface area contributed by atoms with Crippen molar-refractivity contribution in [2.24, 2.45) is 46.3 Å². The Bertz CT molecular complexity index is 716. The van der Waals surface area contributed by atoms with Gasteiger partial charge in [0.05, 0.1) is 6.10 Å². The molecule has 0 bridgehead atoms. The third-order valence-electron chi connectivity index (χ3n) is 11.2. The zero-order chi connectivity index (χ0) is 22.6. The van der Waals surface area contributed by atoms with Gasteiger partial charge >= 0.3 is 0 Å². The predicted octanol–water partition coefficient (Wildman–Crippen LogP) is 8.34. The van der Waals surface area contributed by atoms with E-state index in [-0.39, 0.29) is 6.10 Å². The molecule has 0 unspecified atom stereocenters. The Morgan fingerprint density at radius 1 is 0.968 bits per heavy atom. The van der Waals surface area contributed by atoms with Crippen molar-refractivity contribution in [2.75, 3.05) is 0 Å². The van der Waals surface area contributed by atoms with Crippen molar-refractivity contribution in [3.05, 3.63) is 23.3 Å². The molecule has 0 aromatic rings. The lowest BCUT2D eigenvalue weighted by molar-refractivity contribution is 0.00280. The van der Waals surface area contributed by atoms with Gasteiger partial charge in [-0.15, -0.1) is 0 Å². The van der Waals surface area contributed by atoms with Crippen LogP contribution in [-0.4, -0.2) is 11.2 Å². The molecule has 1 N–H and O–H groups in total. The van der Waals surface area contributed by atoms with Crippen molar-refractivity contribution >= 4 is 0 Å². The van der Waals surface area contributed by atoms with E-state index in [1.807, 2.05) is 11.1 Å². The Kier molecular flexibility index (Phi) is 6.59. The van der Waals surface area contributed by atoms with Crippen molar-refractivity contribution in [1.82, 2.24) is 0 Å². The molecule has 0 radical (unpaired) electrons. The molecule has 4 aliphatic rings. The van der Waals surface area contributed by atoms with E-state index in [1.165, 1.54) is 64.2 Å². The zero-order valence-electron chi connectivity index (χ0n) is 21.5. The number of hydrogen-bond acceptors (Lipinski definition) is 1. The van der Waals surface area contributed by atoms with Crippen molar-refractivity contribution < 1.29 is 5.11 Å². The van der Waals surface area contributed by atoms with Crippen LogP contribution in [-0.2, 0) is 0 Å². The van der Waals surface area contributed by atoms with E-state index >= 15 is 0 Å². The highest BCUT2D eigenvalue weighted by molar-refractivity contribution is 5.36. The van der Waals surface area contributed by atoms with Gasteiger partial charge in [-0.05, 0) is 110 Å². The summed E-state index contributed by atoms with van der Waals surface area (Å²) < 4.78 is 0. The summed E-state index contributed by atoms with van der Waals surface area (Å²) >= 11 is 0. The molecule has 0 aromatic carbocycles. The van der Waals surface area contributed by atoms with Crippen LogP contribution < -0.4 is 0 Å². The van der Waals surface area contributed by atoms with Crippen LogP contribution in [0.15, 0.2) is 23.3 Å². The number of fused-ring (bicyclic) bond motifs is 4. The van der Waals surface area contributed by atoms with Gasteiger partial charge in [-0.1, -0.05) is 72.1 Å². The van der Waals surface area contributed by atoms with Crippen LogP contribution in [0.4, 0.5) is 0 Å². The predicted molar refractivity (Wildman–Crippen MR) is 133 cm³/mol. The average Bonchev–Trinajstić information content (AvgIpc) is 3.08. The number of allylic oxidation sites excluding steroid dienone is 2. The molecule has 8 atom stereocenters. The van der Waals surface area contributed by atoms with Crippen molar-refractivity contribution in [1.29, 1.82) is 0 Å². The van der Waals surface area contributed by atoms with Crippen molar-refractivity contribution in [2.45, 2.75) is 118 Å². The first kappa shape index (κ1) is 23.6. The van der Waals surface area contributed by atoms with E-state index < -0.39 is 0 Å². The molecule has 1 nitrogen and oxygen atoms in total. The van der Waals surface area contributed by atoms with Gasteiger partial charge in [0.15, 0.2) is 0 Å². The van der Waals surface area contributed by atoms with E-state index in [1.54, 1.807) is 0 Å². The molecule has 31 heavy (non-hydrogen) atoms. The molecule has 0 amide bonds. The summed E-state index contributed by atoms with van der Waals surface area (Å²) in [6, 6.07) is 0. The Morgan fingerprint density at radius 2 is 1.71 bits per heavy atom. The van der Waals surface area contributed by atoms with E-state index in [2.05, 4.69) is 48.1 Å². The van der Waals surface area contributed by atoms with Gasteiger partial charge in [0.25, 0.3) is 0 Å². The summed E-state index contributed by atoms with van der Waals surface area (Å²) in [6.07, 6.45) is 14.1. The number of aliphatic hydroxyl groups excluding tert-OH is 1. The molecule has 0 aromatic heterocycles. The minimum Gasteiger partial charge on any atom is -0.389 e. The van der Waals surface area contributed by atoms with Gasteiger partial charge in [0.1, 0.15) is 0 Å². The quantitative estimate of drug-likeness (QED) is 0.423. The average molecular weight is 427 g/mol. The maximum atomic E-state index is 10.4. The molecular weight excluding hydrogens is 376 g/mol. The highest BCUT2D eigenvalue weighted by atomic mass is 16.3. The molecule has 176 valence electrons. The van der Waals surface area contributed by atoms with Gasteiger partial charge < -0.3 is 5.11 Å². The maximum Gasteiger partial charge on any atom is 0.0750 e. The first-order valence-electron chi connectivity index (χ1n) is 13.7. The van der Waals surface area contributed by atoms with Crippen LogP contribution >= 0.6 is 0 Å². The van der Waals surface area contributed by atoms with Crippen LogP contribution in [0.5, 0.6) is 0 Å². The van der Waals surface area contributed by atoms with E-state index in [4.69, 9.17) is 0 Å². The van der Waals surface area contributed by atoms with Gasteiger partial charge in [-0.25, -0.2) is 0 Å². The second-order valence-corrected chi connectivity index (χ2v) is 12.9. The van der Waals surface area contributed by atoms with Crippen LogP contribution in [0.1, 0.15) is 112 Å². The molecule has 0 heterocycles. The minimum absolute atomic E-state index is 0.254. The van der Waals surface area contributed by atoms with Gasteiger partial charge in [-0.2, -0.15) is 0 Å². The maximum absolute atomic E-state index is 10.4. The number of hydrogen-bond donors (Lipinski definition) is 1. The monoisotopic (exact) mass is 426 g/mol. The first-order valence-corrected chi connectivity index (χ1v) is 13.7. The molecular formula is C30H50O. The standard InChI is InChI=1S/C30H50O/c1-8-22(19(2)3)10-9-20(4)24-13-14-26-23-11-12-25-21(5)28(31)16-18-30(25,7)27(23)15-17-29(24,26)6/h19-20,22,24-25,27-28,31H,5,8-18H2,1-4,6-7H3/t20-,22+,24-,25+,27+,28+,29-,30+/m1/s1. The molecule has 4 aliphatic carbocycles. The topological polar surface area (TPSA) is 20.2 Å². The SMILES string of the molecule is C=C1[C@@H](O)CC[C@@]2(C)[C@H]1CCC1=C3CC[C@H]([C@H](C)CC[C@H](CC)C(C)C)[C@@]3(C)CC[C@@H]12. The summed E-state index contributed by atoms with van der Waals surface area (Å²) in [6.45, 7) is 19.3. The van der Waals surface area contributed by atoms with Crippen molar-refractivity contribution in [3.8, 4) is 0 Å². The molecule has 0 saturated heterocycles. The summed E-state index contributed by atoms with van der Waals surface area (Å²) in [5, 5.41) is 10.4. The van der Waals surface area contributed by atoms with E-state index in [0.29, 0.717) is 16.7 Å². The lowest BCUT2D eigenvalue weighted by atomic mass is 9.48. The van der Waals surface area contributed by atoms with Crippen LogP contribution in [0.25, 0.3) is 0 Å². The Hall–Kier alpha value is -0.560. The molecule has 1 heteroatoms. The largest absolute Gasteiger partial charge is 0.389 e. The third-order valence-corrected chi connectivity index (χ3v) is 11.2. The van der Waals surface area contributed by atoms with Gasteiger partial charge in [-0.3, -0.25) is 0 Å². The summed E-state index contributed by atoms with van der Waals surface area (Å²) in [5.74, 6) is 4.74. The summed E-state index contributed by atoms with van der Waals surface area (Å²) in [4.78, 5) is 0. The van der Waals surface area contributed by atoms with Crippen molar-refractivity contribution in [3.63, 3.8) is 0 Å². The lowest BCUT2D eigenvalue weighted by Gasteiger charge is -2.57. The molecule has 3 fully saturated rings. The van der Waals surface area contributed by atoms with E-state index in [0.717, 1.165) is 41.6 Å². The van der Waals surface area contributed by atoms with E-state index in [9.17, 15) is 5.11 Å². The zero-order valence-corrected chi connectivity index (χ0v) is 21.5. The third kappa shape index (κ3) is 3.79. The lowest BCUT2D eigenvalue weighted by Crippen LogP contribution is -2.49. The molecule has 0 spiro atoms. The fourth-order valence-corrected chi connectivity index (χ4v) is 9.17. The highest BCUT2D eigenvalue weighted by Gasteiger charge is 2.56. The fourth-order valence-electron chi connectivity index (χ4n) is 9.17. The molecule has 3 saturated carbocycles. The molecule has 0 aliphatic heterocycles. The Labute approximate surface area is 193 Å². The summed E-state index contributed by atoms with van der Waals surface area (Å²) in [7, 11) is 0. The first-order chi connectivity index (χ1) is 14.6. The summed E-state index contributed by atoms with van der Waals surface area (Å²) in [5.41, 5.74) is 5.72. The Balaban J connectivity index is 1.54. The second-order valence-electron chi connectivity index (χ2n) is 12.9. The smallest absolute Gasteiger partial charge is 0.0750 e. The fraction of sp³-hybridized carbons (Fsp3) is 0.867. The second kappa shape index (κ2) is 8.66. The van der Waals surface area contributed by atoms with Crippen LogP contribution in [0, 0.1) is 46.3 Å². The van der Waals surface area contributed by atoms with Crippen LogP contribution in [0.2, 0.25) is 0 Å². The normalized spacial score (nSPS) is 42.3.